The van der Waals surface area contributed by atoms with E-state index in [1.54, 1.807) is 19.9 Å². The molecule has 5 nitrogen and oxygen atoms in total. The van der Waals surface area contributed by atoms with Crippen LogP contribution in [0.2, 0.25) is 0 Å². The first kappa shape index (κ1) is 38.1. The van der Waals surface area contributed by atoms with Crippen molar-refractivity contribution in [1.29, 1.82) is 0 Å². The zero-order valence-electron chi connectivity index (χ0n) is 29.2. The normalized spacial score (nSPS) is 31.1. The molecule has 0 aromatic heterocycles. The van der Waals surface area contributed by atoms with Gasteiger partial charge in [-0.2, -0.15) is 0 Å². The quantitative estimate of drug-likeness (QED) is 0.0805. The summed E-state index contributed by atoms with van der Waals surface area (Å²) in [7, 11) is 0. The second kappa shape index (κ2) is 15.4. The predicted molar refractivity (Wildman–Crippen MR) is 187 cm³/mol. The Morgan fingerprint density at radius 3 is 1.89 bits per heavy atom. The van der Waals surface area contributed by atoms with Crippen LogP contribution in [0.15, 0.2) is 107 Å². The van der Waals surface area contributed by atoms with E-state index in [0.717, 1.165) is 22.3 Å². The minimum Gasteiger partial charge on any atom is -0.497 e. The van der Waals surface area contributed by atoms with Crippen molar-refractivity contribution in [3.8, 4) is 0 Å². The van der Waals surface area contributed by atoms with E-state index in [1.165, 1.54) is 6.08 Å². The number of hydrogen-bond donors (Lipinski definition) is 4. The van der Waals surface area contributed by atoms with Crippen LogP contribution in [0.25, 0.3) is 0 Å². The number of carbonyl (C=O) groups excluding carboxylic acids is 1. The van der Waals surface area contributed by atoms with Crippen molar-refractivity contribution in [2.75, 3.05) is 0 Å². The highest BCUT2D eigenvalue weighted by molar-refractivity contribution is 5.96. The third kappa shape index (κ3) is 10.7. The van der Waals surface area contributed by atoms with Crippen molar-refractivity contribution >= 4 is 5.78 Å². The number of hydrogen-bond acceptors (Lipinski definition) is 5. The summed E-state index contributed by atoms with van der Waals surface area (Å²) >= 11 is 0. The van der Waals surface area contributed by atoms with Gasteiger partial charge in [-0.15, -0.1) is 0 Å². The molecule has 4 atom stereocenters. The fourth-order valence-corrected chi connectivity index (χ4v) is 6.52. The molecule has 246 valence electrons. The number of ketones is 1. The first-order valence-corrected chi connectivity index (χ1v) is 16.0. The zero-order chi connectivity index (χ0) is 34.2. The SMILES string of the molecule is CC(=C/C=C1C(C)(C)CC(O)CC1(C)O)/C=C/C=C(C)/C=C/C=C/C(C)=C/[CH+]/C=C(C)/C(O)=C/C(=O)C1(C)CC(O)CC1(C)C. The molecule has 5 heteroatoms. The molecule has 0 amide bonds. The molecule has 4 N–H and O–H groups in total. The Balaban J connectivity index is 1.92. The second-order valence-electron chi connectivity index (χ2n) is 14.8. The van der Waals surface area contributed by atoms with Crippen LogP contribution in [0.3, 0.4) is 0 Å². The van der Waals surface area contributed by atoms with E-state index in [2.05, 4.69) is 13.8 Å². The van der Waals surface area contributed by atoms with Crippen molar-refractivity contribution in [1.82, 2.24) is 0 Å². The summed E-state index contributed by atoms with van der Waals surface area (Å²) in [5.74, 6) is -0.212. The molecule has 0 aliphatic heterocycles. The molecular weight excluding hydrogens is 560 g/mol. The fraction of sp³-hybridized carbons (Fsp3) is 0.500. The van der Waals surface area contributed by atoms with Crippen LogP contribution < -0.4 is 0 Å². The van der Waals surface area contributed by atoms with E-state index < -0.39 is 23.2 Å². The Kier molecular flexibility index (Phi) is 13.1. The number of allylic oxidation sites excluding steroid dienone is 16. The summed E-state index contributed by atoms with van der Waals surface area (Å²) in [6, 6.07) is 0. The summed E-state index contributed by atoms with van der Waals surface area (Å²) in [5, 5.41) is 41.6. The van der Waals surface area contributed by atoms with Gasteiger partial charge in [0.15, 0.2) is 11.5 Å². The number of aliphatic hydroxyl groups excluding tert-OH is 3. The van der Waals surface area contributed by atoms with Gasteiger partial charge in [-0.1, -0.05) is 88.3 Å². The minimum atomic E-state index is -1.02. The van der Waals surface area contributed by atoms with Gasteiger partial charge in [0.05, 0.1) is 29.5 Å². The molecule has 0 aromatic rings. The monoisotopic (exact) mass is 617 g/mol. The van der Waals surface area contributed by atoms with Crippen LogP contribution >= 0.6 is 0 Å². The molecule has 2 aliphatic rings. The molecule has 4 unspecified atom stereocenters. The van der Waals surface area contributed by atoms with Gasteiger partial charge in [0, 0.05) is 49.8 Å². The van der Waals surface area contributed by atoms with Crippen LogP contribution in [0, 0.1) is 22.7 Å². The van der Waals surface area contributed by atoms with Crippen LogP contribution in [0.4, 0.5) is 0 Å². The van der Waals surface area contributed by atoms with Crippen LogP contribution in [0.5, 0.6) is 0 Å². The molecule has 2 fully saturated rings. The minimum absolute atomic E-state index is 0.0553. The molecule has 0 aromatic carbocycles. The van der Waals surface area contributed by atoms with Gasteiger partial charge in [-0.25, -0.2) is 0 Å². The maximum atomic E-state index is 13.0. The lowest BCUT2D eigenvalue weighted by Gasteiger charge is -2.45. The molecule has 0 heterocycles. The average molecular weight is 618 g/mol. The third-order valence-corrected chi connectivity index (χ3v) is 9.55. The maximum Gasteiger partial charge on any atom is 0.178 e. The first-order valence-electron chi connectivity index (χ1n) is 16.0. The molecule has 45 heavy (non-hydrogen) atoms. The number of carbonyl (C=O) groups is 1. The van der Waals surface area contributed by atoms with Gasteiger partial charge < -0.3 is 20.4 Å². The smallest absolute Gasteiger partial charge is 0.178 e. The lowest BCUT2D eigenvalue weighted by atomic mass is 9.65. The van der Waals surface area contributed by atoms with Crippen molar-refractivity contribution in [3.05, 3.63) is 113 Å². The molecule has 0 bridgehead atoms. The molecular formula is C40H57O5+. The molecule has 0 spiro atoms. The highest BCUT2D eigenvalue weighted by Gasteiger charge is 2.53. The van der Waals surface area contributed by atoms with Crippen molar-refractivity contribution < 1.29 is 25.2 Å². The van der Waals surface area contributed by atoms with Gasteiger partial charge in [-0.3, -0.25) is 4.79 Å². The molecule has 2 aliphatic carbocycles. The lowest BCUT2D eigenvalue weighted by molar-refractivity contribution is -0.127. The Bertz CT molecular complexity index is 1330. The van der Waals surface area contributed by atoms with Gasteiger partial charge in [0.2, 0.25) is 0 Å². The van der Waals surface area contributed by atoms with E-state index in [9.17, 15) is 25.2 Å². The maximum absolute atomic E-state index is 13.0. The molecule has 2 rings (SSSR count). The summed E-state index contributed by atoms with van der Waals surface area (Å²) in [6.07, 6.45) is 25.9. The molecule has 0 radical (unpaired) electrons. The van der Waals surface area contributed by atoms with E-state index in [1.807, 2.05) is 109 Å². The lowest BCUT2D eigenvalue weighted by Crippen LogP contribution is -2.45. The van der Waals surface area contributed by atoms with E-state index >= 15 is 0 Å². The summed E-state index contributed by atoms with van der Waals surface area (Å²) in [4.78, 5) is 13.0. The standard InChI is InChI=1S/C40H56O5/c1-28(17-13-18-30(3)21-22-35-37(5,6)24-32(41)27-40(35,10)45)15-11-12-16-29(2)19-14-20-31(4)34(43)23-36(44)39(9)26-33(42)25-38(39,7)8/h11-23,32-33,41-42,45H,24-27H2,1-10H3/p+1/b15-11+,16-12+,18-13+,28-17+,29-19+,30-21-,31-20+,35-22?. The molecule has 0 saturated heterocycles. The van der Waals surface area contributed by atoms with E-state index in [4.69, 9.17) is 0 Å². The average Bonchev–Trinajstić information content (AvgIpc) is 3.11. The van der Waals surface area contributed by atoms with Crippen LogP contribution in [-0.4, -0.2) is 44.0 Å². The fourth-order valence-electron chi connectivity index (χ4n) is 6.52. The summed E-state index contributed by atoms with van der Waals surface area (Å²) < 4.78 is 0. The zero-order valence-corrected chi connectivity index (χ0v) is 29.2. The largest absolute Gasteiger partial charge is 0.497 e. The van der Waals surface area contributed by atoms with Crippen LogP contribution in [-0.2, 0) is 4.79 Å². The summed E-state index contributed by atoms with van der Waals surface area (Å²) in [6.45, 7) is 19.6. The van der Waals surface area contributed by atoms with Crippen molar-refractivity contribution in [2.45, 2.75) is 113 Å². The Morgan fingerprint density at radius 1 is 0.756 bits per heavy atom. The topological polar surface area (TPSA) is 98.0 Å². The third-order valence-electron chi connectivity index (χ3n) is 9.55. The van der Waals surface area contributed by atoms with E-state index in [-0.39, 0.29) is 22.4 Å². The van der Waals surface area contributed by atoms with Gasteiger partial charge in [0.1, 0.15) is 0 Å². The highest BCUT2D eigenvalue weighted by Crippen LogP contribution is 2.53. The first-order chi connectivity index (χ1) is 20.7. The van der Waals surface area contributed by atoms with Gasteiger partial charge in [0.25, 0.3) is 0 Å². The Labute approximate surface area is 272 Å². The van der Waals surface area contributed by atoms with Crippen molar-refractivity contribution in [3.63, 3.8) is 0 Å². The Morgan fingerprint density at radius 2 is 1.31 bits per heavy atom. The van der Waals surface area contributed by atoms with Crippen molar-refractivity contribution in [2.24, 2.45) is 16.2 Å². The second-order valence-corrected chi connectivity index (χ2v) is 14.8. The van der Waals surface area contributed by atoms with Gasteiger partial charge in [-0.05, 0) is 68.6 Å². The van der Waals surface area contributed by atoms with E-state index in [0.29, 0.717) is 31.3 Å². The van der Waals surface area contributed by atoms with Gasteiger partial charge >= 0.3 is 0 Å². The highest BCUT2D eigenvalue weighted by atomic mass is 16.3. The van der Waals surface area contributed by atoms with Crippen LogP contribution in [0.1, 0.15) is 94.9 Å². The number of aliphatic hydroxyl groups is 4. The predicted octanol–water partition coefficient (Wildman–Crippen LogP) is 8.70. The molecule has 2 saturated carbocycles. The number of rotatable bonds is 11. The Hall–Kier alpha value is -3.12. The summed E-state index contributed by atoms with van der Waals surface area (Å²) in [5.41, 5.74) is 2.41.